The Labute approximate surface area is 158 Å². The lowest BCUT2D eigenvalue weighted by Gasteiger charge is -2.40. The van der Waals surface area contributed by atoms with Crippen LogP contribution in [0.1, 0.15) is 45.4 Å². The Balaban J connectivity index is 1.39. The summed E-state index contributed by atoms with van der Waals surface area (Å²) in [5.74, 6) is 2.33. The molecule has 4 N–H and O–H groups in total. The number of fused-ring (bicyclic) bond motifs is 1. The molecule has 4 rings (SSSR count). The van der Waals surface area contributed by atoms with E-state index >= 15 is 0 Å². The summed E-state index contributed by atoms with van der Waals surface area (Å²) in [4.78, 5) is 2.61. The molecule has 1 aliphatic carbocycles. The molecule has 5 nitrogen and oxygen atoms in total. The number of aliphatic hydroxyl groups is 2. The normalized spacial score (nSPS) is 44.6. The van der Waals surface area contributed by atoms with Crippen LogP contribution in [0.5, 0.6) is 0 Å². The summed E-state index contributed by atoms with van der Waals surface area (Å²) in [5, 5.41) is 27.1. The van der Waals surface area contributed by atoms with Crippen molar-refractivity contribution in [2.24, 2.45) is 23.7 Å². The summed E-state index contributed by atoms with van der Waals surface area (Å²) in [6, 6.07) is 0.256. The van der Waals surface area contributed by atoms with E-state index in [0.717, 1.165) is 39.0 Å². The summed E-state index contributed by atoms with van der Waals surface area (Å²) in [6.07, 6.45) is 9.73. The van der Waals surface area contributed by atoms with Crippen molar-refractivity contribution >= 4 is 0 Å². The van der Waals surface area contributed by atoms with Gasteiger partial charge in [-0.3, -0.25) is 10.2 Å². The second-order valence-electron chi connectivity index (χ2n) is 9.30. The summed E-state index contributed by atoms with van der Waals surface area (Å²) in [5.41, 5.74) is 1.61. The molecule has 5 heteroatoms. The first kappa shape index (κ1) is 18.9. The fourth-order valence-corrected chi connectivity index (χ4v) is 5.93. The SMILES string of the molecule is C[C@@H]1C=C(C2CNC3NC(CO)CCC32)CN(CC2CCCCC2O)C1. The first-order valence-corrected chi connectivity index (χ1v) is 10.9. The average molecular weight is 364 g/mol. The zero-order chi connectivity index (χ0) is 18.1. The van der Waals surface area contributed by atoms with Crippen LogP contribution in [0.3, 0.4) is 0 Å². The Kier molecular flexibility index (Phi) is 6.01. The predicted molar refractivity (Wildman–Crippen MR) is 104 cm³/mol. The van der Waals surface area contributed by atoms with Crippen LogP contribution in [0.2, 0.25) is 0 Å². The summed E-state index contributed by atoms with van der Waals surface area (Å²) < 4.78 is 0. The maximum absolute atomic E-state index is 10.4. The van der Waals surface area contributed by atoms with Crippen molar-refractivity contribution in [1.29, 1.82) is 0 Å². The number of hydrogen-bond donors (Lipinski definition) is 4. The van der Waals surface area contributed by atoms with E-state index in [2.05, 4.69) is 28.5 Å². The lowest BCUT2D eigenvalue weighted by Crippen LogP contribution is -2.52. The average Bonchev–Trinajstić information content (AvgIpc) is 3.06. The molecule has 3 heterocycles. The van der Waals surface area contributed by atoms with E-state index in [-0.39, 0.29) is 18.8 Å². The molecule has 0 amide bonds. The summed E-state index contributed by atoms with van der Waals surface area (Å²) in [7, 11) is 0. The van der Waals surface area contributed by atoms with Crippen LogP contribution in [0, 0.1) is 23.7 Å². The van der Waals surface area contributed by atoms with Gasteiger partial charge in [0.1, 0.15) is 0 Å². The molecule has 0 aromatic rings. The van der Waals surface area contributed by atoms with E-state index in [9.17, 15) is 10.2 Å². The molecule has 0 bridgehead atoms. The quantitative estimate of drug-likeness (QED) is 0.568. The Morgan fingerprint density at radius 2 is 2.04 bits per heavy atom. The highest BCUT2D eigenvalue weighted by Crippen LogP contribution is 2.37. The minimum absolute atomic E-state index is 0.0936. The van der Waals surface area contributed by atoms with Gasteiger partial charge in [-0.1, -0.05) is 31.4 Å². The molecular formula is C21H37N3O2. The maximum Gasteiger partial charge on any atom is 0.0610 e. The molecule has 0 aromatic heterocycles. The van der Waals surface area contributed by atoms with Crippen LogP contribution in [0.4, 0.5) is 0 Å². The number of piperidine rings is 1. The molecule has 1 saturated carbocycles. The topological polar surface area (TPSA) is 67.8 Å². The standard InChI is InChI=1S/C21H37N3O2/c1-14-8-16(12-24(10-14)11-15-4-2-3-5-20(15)26)19-9-22-21-18(19)7-6-17(13-25)23-21/h8,14-15,17-23,25-26H,2-7,9-13H2,1H3/t14-,15?,17?,18?,19?,20?,21?/m1/s1. The number of aliphatic hydroxyl groups excluding tert-OH is 2. The molecule has 3 aliphatic heterocycles. The van der Waals surface area contributed by atoms with Crippen molar-refractivity contribution in [3.8, 4) is 0 Å². The monoisotopic (exact) mass is 363 g/mol. The Morgan fingerprint density at radius 3 is 2.85 bits per heavy atom. The highest BCUT2D eigenvalue weighted by Gasteiger charge is 2.42. The van der Waals surface area contributed by atoms with E-state index in [1.807, 2.05) is 0 Å². The first-order chi connectivity index (χ1) is 12.6. The van der Waals surface area contributed by atoms with E-state index in [4.69, 9.17) is 0 Å². The first-order valence-electron chi connectivity index (χ1n) is 10.9. The molecule has 0 aromatic carbocycles. The van der Waals surface area contributed by atoms with Crippen molar-refractivity contribution in [3.05, 3.63) is 11.6 Å². The molecule has 3 fully saturated rings. The molecule has 26 heavy (non-hydrogen) atoms. The van der Waals surface area contributed by atoms with Crippen molar-refractivity contribution in [1.82, 2.24) is 15.5 Å². The fourth-order valence-electron chi connectivity index (χ4n) is 5.93. The van der Waals surface area contributed by atoms with E-state index in [0.29, 0.717) is 29.8 Å². The van der Waals surface area contributed by atoms with Gasteiger partial charge in [0.2, 0.25) is 0 Å². The third-order valence-electron chi connectivity index (χ3n) is 7.28. The minimum atomic E-state index is -0.0936. The zero-order valence-corrected chi connectivity index (χ0v) is 16.2. The third-order valence-corrected chi connectivity index (χ3v) is 7.28. The highest BCUT2D eigenvalue weighted by molar-refractivity contribution is 5.19. The highest BCUT2D eigenvalue weighted by atomic mass is 16.3. The number of rotatable bonds is 4. The van der Waals surface area contributed by atoms with Gasteiger partial charge in [-0.05, 0) is 49.4 Å². The van der Waals surface area contributed by atoms with Crippen LogP contribution in [-0.2, 0) is 0 Å². The Bertz CT molecular complexity index is 511. The number of nitrogens with one attached hydrogen (secondary N) is 2. The molecule has 0 radical (unpaired) electrons. The molecular weight excluding hydrogens is 326 g/mol. The van der Waals surface area contributed by atoms with Gasteiger partial charge < -0.3 is 15.5 Å². The third kappa shape index (κ3) is 4.02. The van der Waals surface area contributed by atoms with Crippen molar-refractivity contribution in [3.63, 3.8) is 0 Å². The number of hydrogen-bond acceptors (Lipinski definition) is 5. The van der Waals surface area contributed by atoms with Gasteiger partial charge in [-0.15, -0.1) is 0 Å². The van der Waals surface area contributed by atoms with Crippen LogP contribution >= 0.6 is 0 Å². The summed E-state index contributed by atoms with van der Waals surface area (Å²) >= 11 is 0. The predicted octanol–water partition coefficient (Wildman–Crippen LogP) is 1.32. The minimum Gasteiger partial charge on any atom is -0.395 e. The van der Waals surface area contributed by atoms with E-state index in [1.165, 1.54) is 25.7 Å². The van der Waals surface area contributed by atoms with Gasteiger partial charge in [-0.25, -0.2) is 0 Å². The van der Waals surface area contributed by atoms with Crippen molar-refractivity contribution in [2.45, 2.75) is 63.8 Å². The molecule has 0 spiro atoms. The van der Waals surface area contributed by atoms with Crippen LogP contribution in [-0.4, -0.2) is 66.2 Å². The van der Waals surface area contributed by atoms with Crippen molar-refractivity contribution in [2.75, 3.05) is 32.8 Å². The van der Waals surface area contributed by atoms with Gasteiger partial charge in [0.25, 0.3) is 0 Å². The lowest BCUT2D eigenvalue weighted by molar-refractivity contribution is 0.0444. The van der Waals surface area contributed by atoms with Gasteiger partial charge >= 0.3 is 0 Å². The fraction of sp³-hybridized carbons (Fsp3) is 0.905. The molecule has 148 valence electrons. The Morgan fingerprint density at radius 1 is 1.19 bits per heavy atom. The van der Waals surface area contributed by atoms with Gasteiger partial charge in [0.15, 0.2) is 0 Å². The van der Waals surface area contributed by atoms with E-state index < -0.39 is 0 Å². The molecule has 7 atom stereocenters. The van der Waals surface area contributed by atoms with Gasteiger partial charge in [0, 0.05) is 32.2 Å². The van der Waals surface area contributed by atoms with Crippen LogP contribution < -0.4 is 10.6 Å². The van der Waals surface area contributed by atoms with Crippen LogP contribution in [0.25, 0.3) is 0 Å². The second kappa shape index (κ2) is 8.27. The smallest absolute Gasteiger partial charge is 0.0610 e. The Hall–Kier alpha value is -0.460. The van der Waals surface area contributed by atoms with Gasteiger partial charge in [0.05, 0.1) is 18.9 Å². The summed E-state index contributed by atoms with van der Waals surface area (Å²) in [6.45, 7) is 6.90. The maximum atomic E-state index is 10.4. The molecule has 2 saturated heterocycles. The largest absolute Gasteiger partial charge is 0.395 e. The van der Waals surface area contributed by atoms with E-state index in [1.54, 1.807) is 5.57 Å². The van der Waals surface area contributed by atoms with Crippen LogP contribution in [0.15, 0.2) is 11.6 Å². The number of nitrogens with zero attached hydrogens (tertiary/aromatic N) is 1. The lowest BCUT2D eigenvalue weighted by atomic mass is 9.78. The van der Waals surface area contributed by atoms with Gasteiger partial charge in [-0.2, -0.15) is 0 Å². The second-order valence-corrected chi connectivity index (χ2v) is 9.30. The van der Waals surface area contributed by atoms with Crippen molar-refractivity contribution < 1.29 is 10.2 Å². The zero-order valence-electron chi connectivity index (χ0n) is 16.2. The molecule has 4 aliphatic rings. The molecule has 6 unspecified atom stereocenters.